The van der Waals surface area contributed by atoms with E-state index < -0.39 is 0 Å². The van der Waals surface area contributed by atoms with E-state index in [2.05, 4.69) is 73.6 Å². The van der Waals surface area contributed by atoms with E-state index in [1.54, 1.807) is 0 Å². The minimum atomic E-state index is 0. The molecule has 0 unspecified atom stereocenters. The van der Waals surface area contributed by atoms with Gasteiger partial charge in [-0.2, -0.15) is 28.3 Å². The first-order valence-corrected chi connectivity index (χ1v) is 6.65. The van der Waals surface area contributed by atoms with Crippen LogP contribution < -0.4 is 24.8 Å². The van der Waals surface area contributed by atoms with Crippen molar-refractivity contribution in [2.45, 2.75) is 55.4 Å². The van der Waals surface area contributed by atoms with Crippen molar-refractivity contribution in [3.8, 4) is 0 Å². The van der Waals surface area contributed by atoms with Crippen LogP contribution in [0.25, 0.3) is 0 Å². The minimum absolute atomic E-state index is 0. The Kier molecular flexibility index (Phi) is 12.7. The fourth-order valence-electron chi connectivity index (χ4n) is 2.36. The molecule has 1 aliphatic rings. The number of hydrogen-bond acceptors (Lipinski definition) is 0. The summed E-state index contributed by atoms with van der Waals surface area (Å²) >= 11 is 0. The average Bonchev–Trinajstić information content (AvgIpc) is 2.61. The molecule has 0 heterocycles. The molecule has 0 aromatic heterocycles. The molecule has 116 valence electrons. The predicted molar refractivity (Wildman–Crippen MR) is 80.8 cm³/mol. The van der Waals surface area contributed by atoms with Crippen molar-refractivity contribution in [2.24, 2.45) is 5.41 Å². The molecular formula is C18H26Cl2Zr. The van der Waals surface area contributed by atoms with Gasteiger partial charge in [0.25, 0.3) is 0 Å². The molecule has 0 spiro atoms. The summed E-state index contributed by atoms with van der Waals surface area (Å²) in [5.74, 6) is 0. The summed E-state index contributed by atoms with van der Waals surface area (Å²) in [7, 11) is 0. The summed E-state index contributed by atoms with van der Waals surface area (Å²) in [4.78, 5) is 0. The molecule has 0 aliphatic heterocycles. The van der Waals surface area contributed by atoms with Gasteiger partial charge in [0.15, 0.2) is 0 Å². The van der Waals surface area contributed by atoms with Gasteiger partial charge in [-0.15, -0.1) is 6.92 Å². The van der Waals surface area contributed by atoms with Crippen molar-refractivity contribution in [2.75, 3.05) is 0 Å². The first-order valence-electron chi connectivity index (χ1n) is 6.65. The normalized spacial score (nSPS) is 15.0. The third-order valence-electron chi connectivity index (χ3n) is 4.07. The van der Waals surface area contributed by atoms with Crippen LogP contribution in [-0.4, -0.2) is 0 Å². The van der Waals surface area contributed by atoms with Gasteiger partial charge in [-0.05, 0) is 0 Å². The van der Waals surface area contributed by atoms with Crippen molar-refractivity contribution >= 4 is 0 Å². The first-order chi connectivity index (χ1) is 8.15. The third kappa shape index (κ3) is 6.93. The second-order valence-electron chi connectivity index (χ2n) is 6.02. The topological polar surface area (TPSA) is 0 Å². The van der Waals surface area contributed by atoms with Gasteiger partial charge in [0.05, 0.1) is 0 Å². The zero-order chi connectivity index (χ0) is 14.1. The van der Waals surface area contributed by atoms with E-state index in [0.717, 1.165) is 0 Å². The molecule has 1 aromatic carbocycles. The number of hydrogen-bond donors (Lipinski definition) is 0. The Hall–Kier alpha value is 0.293. The number of halogens is 2. The molecule has 1 aromatic rings. The fraction of sp³-hybridized carbons (Fsp3) is 0.500. The smallest absolute Gasteiger partial charge is 1.00 e. The fourth-order valence-corrected chi connectivity index (χ4v) is 2.36. The van der Waals surface area contributed by atoms with E-state index in [9.17, 15) is 0 Å². The second kappa shape index (κ2) is 10.1. The van der Waals surface area contributed by atoms with E-state index >= 15 is 0 Å². The average molecular weight is 405 g/mol. The van der Waals surface area contributed by atoms with Crippen molar-refractivity contribution in [1.82, 2.24) is 0 Å². The standard InChI is InChI=1S/C10H15.C8H11.2ClH.Zr/c1-7-6-10(4,5)9(3)8(7)2;1-6-4-7(2)8(3)5-6;;;/h1-5H3;4-5H,1-3H3;2*1H;/q2*-1;;;+4/p-2. The second-order valence-corrected chi connectivity index (χ2v) is 6.02. The molecule has 21 heavy (non-hydrogen) atoms. The quantitative estimate of drug-likeness (QED) is 0.509. The SMILES string of the molecule is CC1=[C-]C(C)(C)C(C)=C1C.Cc1cc(C)[c-](C)c1.[Cl-].[Cl-].[Zr+4]. The van der Waals surface area contributed by atoms with E-state index in [1.165, 1.54) is 33.4 Å². The molecule has 0 radical (unpaired) electrons. The number of rotatable bonds is 0. The summed E-state index contributed by atoms with van der Waals surface area (Å²) in [5.41, 5.74) is 8.58. The van der Waals surface area contributed by atoms with Gasteiger partial charge >= 0.3 is 26.2 Å². The number of allylic oxidation sites excluding steroid dienone is 4. The monoisotopic (exact) mass is 402 g/mol. The van der Waals surface area contributed by atoms with E-state index in [0.29, 0.717) is 0 Å². The summed E-state index contributed by atoms with van der Waals surface area (Å²) in [6.07, 6.45) is 3.44. The zero-order valence-electron chi connectivity index (χ0n) is 14.4. The van der Waals surface area contributed by atoms with Gasteiger partial charge in [0.2, 0.25) is 0 Å². The number of aryl methyl sites for hydroxylation is 3. The Bertz CT molecular complexity index is 486. The van der Waals surface area contributed by atoms with Crippen LogP contribution >= 0.6 is 0 Å². The van der Waals surface area contributed by atoms with Crippen molar-refractivity contribution in [1.29, 1.82) is 0 Å². The van der Waals surface area contributed by atoms with Crippen molar-refractivity contribution in [3.05, 3.63) is 51.6 Å². The molecular weight excluding hydrogens is 378 g/mol. The maximum Gasteiger partial charge on any atom is 4.00 e. The van der Waals surface area contributed by atoms with Crippen LogP contribution in [-0.2, 0) is 26.2 Å². The van der Waals surface area contributed by atoms with Gasteiger partial charge in [-0.25, -0.2) is 17.2 Å². The van der Waals surface area contributed by atoms with Gasteiger partial charge < -0.3 is 24.8 Å². The Labute approximate surface area is 162 Å². The molecule has 2 rings (SSSR count). The van der Waals surface area contributed by atoms with Gasteiger partial charge in [-0.3, -0.25) is 6.08 Å². The molecule has 1 aliphatic carbocycles. The molecule has 0 amide bonds. The molecule has 0 N–H and O–H groups in total. The summed E-state index contributed by atoms with van der Waals surface area (Å²) in [6.45, 7) is 17.3. The van der Waals surface area contributed by atoms with Crippen LogP contribution in [0, 0.1) is 32.3 Å². The first kappa shape index (κ1) is 26.2. The summed E-state index contributed by atoms with van der Waals surface area (Å²) < 4.78 is 0. The van der Waals surface area contributed by atoms with Crippen molar-refractivity contribution in [3.63, 3.8) is 0 Å². The van der Waals surface area contributed by atoms with Crippen LogP contribution in [0.5, 0.6) is 0 Å². The Balaban J connectivity index is -0.000000274. The molecule has 0 atom stereocenters. The van der Waals surface area contributed by atoms with Gasteiger partial charge in [-0.1, -0.05) is 53.9 Å². The van der Waals surface area contributed by atoms with Crippen LogP contribution in [0.15, 0.2) is 28.9 Å². The zero-order valence-corrected chi connectivity index (χ0v) is 18.4. The summed E-state index contributed by atoms with van der Waals surface area (Å²) in [5, 5.41) is 0. The van der Waals surface area contributed by atoms with Gasteiger partial charge in [0.1, 0.15) is 0 Å². The van der Waals surface area contributed by atoms with Gasteiger partial charge in [0, 0.05) is 0 Å². The predicted octanol–water partition coefficient (Wildman–Crippen LogP) is -0.552. The maximum absolute atomic E-state index is 3.44. The van der Waals surface area contributed by atoms with Crippen LogP contribution in [0.3, 0.4) is 0 Å². The Morgan fingerprint density at radius 1 is 1.00 bits per heavy atom. The Morgan fingerprint density at radius 2 is 1.48 bits per heavy atom. The summed E-state index contributed by atoms with van der Waals surface area (Å²) in [6, 6.07) is 4.41. The third-order valence-corrected chi connectivity index (χ3v) is 4.07. The van der Waals surface area contributed by atoms with Crippen LogP contribution in [0.4, 0.5) is 0 Å². The van der Waals surface area contributed by atoms with E-state index in [-0.39, 0.29) is 56.4 Å². The van der Waals surface area contributed by atoms with Crippen LogP contribution in [0.2, 0.25) is 0 Å². The van der Waals surface area contributed by atoms with Crippen molar-refractivity contribution < 1.29 is 51.0 Å². The largest absolute Gasteiger partial charge is 4.00 e. The molecule has 0 saturated heterocycles. The van der Waals surface area contributed by atoms with Crippen LogP contribution in [0.1, 0.15) is 51.3 Å². The molecule has 0 fully saturated rings. The molecule has 3 heteroatoms. The molecule has 0 bridgehead atoms. The van der Waals surface area contributed by atoms with E-state index in [4.69, 9.17) is 0 Å². The Morgan fingerprint density at radius 3 is 1.57 bits per heavy atom. The minimum Gasteiger partial charge on any atom is -1.00 e. The maximum atomic E-state index is 3.44. The molecule has 0 nitrogen and oxygen atoms in total. The van der Waals surface area contributed by atoms with E-state index in [1.807, 2.05) is 0 Å². The molecule has 0 saturated carbocycles.